The molecule has 4 heterocycles. The Bertz CT molecular complexity index is 1460. The van der Waals surface area contributed by atoms with E-state index in [1.807, 2.05) is 6.92 Å². The Morgan fingerprint density at radius 2 is 2.11 bits per heavy atom. The third-order valence-electron chi connectivity index (χ3n) is 5.56. The number of nitrogens with one attached hydrogen (secondary N) is 1. The molecule has 2 aromatic heterocycles. The molecule has 1 aromatic carbocycles. The summed E-state index contributed by atoms with van der Waals surface area (Å²) < 4.78 is 38.2. The summed E-state index contributed by atoms with van der Waals surface area (Å²) in [5.74, 6) is -3.40. The highest BCUT2D eigenvalue weighted by Gasteiger charge is 2.54. The number of ether oxygens (including phenoxy) is 1. The fourth-order valence-corrected chi connectivity index (χ4v) is 7.11. The van der Waals surface area contributed by atoms with Gasteiger partial charge in [-0.2, -0.15) is 0 Å². The van der Waals surface area contributed by atoms with Crippen molar-refractivity contribution in [1.29, 1.82) is 0 Å². The number of carboxylic acids is 1. The standard InChI is InChI=1S/C23H18F2N4O6S3/c1-10-27-28-23(38-10)37-9-11-8-36-21-17(20(31)29(21)18(11)22(32)33)26-19(30)16-5-3-13(35-16)7-34-15-4-2-12(24)6-14(15)25/h2-6,17,21H,7-9H2,1H3,(H,26,30)(H,32,33). The van der Waals surface area contributed by atoms with Gasteiger partial charge in [0.15, 0.2) is 21.7 Å². The summed E-state index contributed by atoms with van der Waals surface area (Å²) in [6.45, 7) is 1.61. The predicted octanol–water partition coefficient (Wildman–Crippen LogP) is 3.44. The van der Waals surface area contributed by atoms with Crippen molar-refractivity contribution in [3.05, 3.63) is 69.8 Å². The number of amides is 2. The minimum atomic E-state index is -1.22. The van der Waals surface area contributed by atoms with Crippen LogP contribution in [-0.2, 0) is 16.2 Å². The molecule has 198 valence electrons. The largest absolute Gasteiger partial charge is 0.483 e. The summed E-state index contributed by atoms with van der Waals surface area (Å²) in [5.41, 5.74) is 0.506. The zero-order valence-electron chi connectivity index (χ0n) is 19.5. The van der Waals surface area contributed by atoms with Crippen molar-refractivity contribution < 1.29 is 37.4 Å². The highest BCUT2D eigenvalue weighted by molar-refractivity contribution is 8.01. The molecule has 38 heavy (non-hydrogen) atoms. The fourth-order valence-electron chi connectivity index (χ4n) is 3.81. The number of benzene rings is 1. The van der Waals surface area contributed by atoms with E-state index in [9.17, 15) is 28.3 Å². The number of β-lactam (4-membered cyclic amide) rings is 1. The lowest BCUT2D eigenvalue weighted by atomic mass is 10.0. The van der Waals surface area contributed by atoms with Crippen LogP contribution in [0.4, 0.5) is 8.78 Å². The number of hydrogen-bond acceptors (Lipinski definition) is 10. The van der Waals surface area contributed by atoms with E-state index in [0.717, 1.165) is 17.1 Å². The molecule has 1 saturated heterocycles. The van der Waals surface area contributed by atoms with Crippen molar-refractivity contribution >= 4 is 52.6 Å². The van der Waals surface area contributed by atoms with Crippen LogP contribution in [0.1, 0.15) is 21.3 Å². The van der Waals surface area contributed by atoms with Crippen molar-refractivity contribution in [3.63, 3.8) is 0 Å². The molecule has 0 radical (unpaired) electrons. The van der Waals surface area contributed by atoms with Crippen molar-refractivity contribution in [2.75, 3.05) is 11.5 Å². The number of halogens is 2. The van der Waals surface area contributed by atoms with E-state index in [4.69, 9.17) is 9.15 Å². The van der Waals surface area contributed by atoms with Crippen LogP contribution in [0, 0.1) is 18.6 Å². The van der Waals surface area contributed by atoms with Gasteiger partial charge in [-0.05, 0) is 36.8 Å². The molecule has 2 aliphatic heterocycles. The summed E-state index contributed by atoms with van der Waals surface area (Å²) in [6.07, 6.45) is 0. The predicted molar refractivity (Wildman–Crippen MR) is 134 cm³/mol. The van der Waals surface area contributed by atoms with Gasteiger partial charge in [-0.15, -0.1) is 22.0 Å². The highest BCUT2D eigenvalue weighted by atomic mass is 32.2. The average Bonchev–Trinajstić information content (AvgIpc) is 3.53. The van der Waals surface area contributed by atoms with Crippen LogP contribution in [0.3, 0.4) is 0 Å². The number of aliphatic carboxylic acids is 1. The molecule has 15 heteroatoms. The van der Waals surface area contributed by atoms with Crippen molar-refractivity contribution in [3.8, 4) is 5.75 Å². The van der Waals surface area contributed by atoms with Crippen molar-refractivity contribution in [1.82, 2.24) is 20.4 Å². The summed E-state index contributed by atoms with van der Waals surface area (Å²) in [6, 6.07) is 4.77. The first-order valence-electron chi connectivity index (χ1n) is 11.0. The first kappa shape index (κ1) is 26.2. The van der Waals surface area contributed by atoms with E-state index >= 15 is 0 Å². The number of nitrogens with zero attached hydrogens (tertiary/aromatic N) is 3. The van der Waals surface area contributed by atoms with Crippen LogP contribution < -0.4 is 10.1 Å². The molecule has 2 aliphatic rings. The first-order valence-corrected chi connectivity index (χ1v) is 13.9. The van der Waals surface area contributed by atoms with Gasteiger partial charge in [0.25, 0.3) is 11.8 Å². The third kappa shape index (κ3) is 5.26. The number of aromatic nitrogens is 2. The minimum absolute atomic E-state index is 0.0801. The maximum Gasteiger partial charge on any atom is 0.352 e. The smallest absolute Gasteiger partial charge is 0.352 e. The van der Waals surface area contributed by atoms with Gasteiger partial charge < -0.3 is 19.6 Å². The number of carbonyl (C=O) groups excluding carboxylic acids is 2. The van der Waals surface area contributed by atoms with Gasteiger partial charge in [0, 0.05) is 17.6 Å². The topological polar surface area (TPSA) is 135 Å². The van der Waals surface area contributed by atoms with Crippen LogP contribution in [0.25, 0.3) is 0 Å². The Balaban J connectivity index is 1.20. The van der Waals surface area contributed by atoms with Gasteiger partial charge in [0.05, 0.1) is 0 Å². The second kappa shape index (κ2) is 10.7. The Labute approximate surface area is 226 Å². The van der Waals surface area contributed by atoms with E-state index in [0.29, 0.717) is 27.5 Å². The summed E-state index contributed by atoms with van der Waals surface area (Å²) >= 11 is 4.11. The normalized spacial score (nSPS) is 18.7. The third-order valence-corrected chi connectivity index (χ3v) is 8.96. The fraction of sp³-hybridized carbons (Fsp3) is 0.261. The first-order chi connectivity index (χ1) is 18.2. The highest BCUT2D eigenvalue weighted by Crippen LogP contribution is 2.42. The number of carboxylic acid groups (broad SMARTS) is 1. The van der Waals surface area contributed by atoms with Gasteiger partial charge in [-0.1, -0.05) is 23.1 Å². The molecule has 0 aliphatic carbocycles. The molecule has 2 atom stereocenters. The summed E-state index contributed by atoms with van der Waals surface area (Å²) in [5, 5.41) is 20.6. The van der Waals surface area contributed by atoms with E-state index in [2.05, 4.69) is 15.5 Å². The lowest BCUT2D eigenvalue weighted by Gasteiger charge is -2.49. The maximum atomic E-state index is 13.7. The van der Waals surface area contributed by atoms with Crippen molar-refractivity contribution in [2.24, 2.45) is 0 Å². The number of hydrogen-bond donors (Lipinski definition) is 2. The van der Waals surface area contributed by atoms with Gasteiger partial charge in [0.1, 0.15) is 40.3 Å². The number of carbonyl (C=O) groups is 3. The van der Waals surface area contributed by atoms with Gasteiger partial charge in [-0.25, -0.2) is 13.6 Å². The van der Waals surface area contributed by atoms with Gasteiger partial charge >= 0.3 is 5.97 Å². The second-order valence-electron chi connectivity index (χ2n) is 8.12. The van der Waals surface area contributed by atoms with Gasteiger partial charge in [-0.3, -0.25) is 14.5 Å². The molecule has 0 bridgehead atoms. The molecule has 0 spiro atoms. The maximum absolute atomic E-state index is 13.7. The van der Waals surface area contributed by atoms with E-state index in [1.165, 1.54) is 51.9 Å². The lowest BCUT2D eigenvalue weighted by Crippen LogP contribution is -2.70. The van der Waals surface area contributed by atoms with Crippen LogP contribution in [0.5, 0.6) is 5.75 Å². The number of fused-ring (bicyclic) bond motifs is 1. The molecule has 1 fully saturated rings. The minimum Gasteiger partial charge on any atom is -0.483 e. The number of rotatable bonds is 9. The second-order valence-corrected chi connectivity index (χ2v) is 11.6. The lowest BCUT2D eigenvalue weighted by molar-refractivity contribution is -0.148. The van der Waals surface area contributed by atoms with Crippen LogP contribution in [-0.4, -0.2) is 60.9 Å². The SMILES string of the molecule is Cc1nnc(SCC2=C(C(=O)O)N3C(=O)C(NC(=O)c4ccc(COc5ccc(F)cc5F)o4)C3SC2)s1. The molecular formula is C23H18F2N4O6S3. The number of furan rings is 1. The monoisotopic (exact) mass is 580 g/mol. The van der Waals surface area contributed by atoms with E-state index in [-0.39, 0.29) is 29.6 Å². The Hall–Kier alpha value is -3.43. The van der Waals surface area contributed by atoms with Crippen molar-refractivity contribution in [2.45, 2.75) is 29.3 Å². The number of aryl methyl sites for hydroxylation is 1. The Kier molecular flexibility index (Phi) is 7.40. The summed E-state index contributed by atoms with van der Waals surface area (Å²) in [4.78, 5) is 38.8. The van der Waals surface area contributed by atoms with E-state index < -0.39 is 40.8 Å². The average molecular weight is 581 g/mol. The molecule has 10 nitrogen and oxygen atoms in total. The summed E-state index contributed by atoms with van der Waals surface area (Å²) in [7, 11) is 0. The quantitative estimate of drug-likeness (QED) is 0.286. The molecule has 0 saturated carbocycles. The zero-order chi connectivity index (χ0) is 27.0. The van der Waals surface area contributed by atoms with Crippen LogP contribution in [0.15, 0.2) is 50.4 Å². The van der Waals surface area contributed by atoms with Crippen LogP contribution in [0.2, 0.25) is 0 Å². The zero-order valence-corrected chi connectivity index (χ0v) is 21.9. The molecule has 2 N–H and O–H groups in total. The number of thioether (sulfide) groups is 2. The molecule has 3 aromatic rings. The molecule has 5 rings (SSSR count). The molecular weight excluding hydrogens is 562 g/mol. The molecule has 2 unspecified atom stereocenters. The molecule has 2 amide bonds. The Morgan fingerprint density at radius 3 is 2.82 bits per heavy atom. The Morgan fingerprint density at radius 1 is 1.29 bits per heavy atom. The van der Waals surface area contributed by atoms with Crippen LogP contribution >= 0.6 is 34.9 Å². The van der Waals surface area contributed by atoms with E-state index in [1.54, 1.807) is 0 Å². The van der Waals surface area contributed by atoms with Gasteiger partial charge in [0.2, 0.25) is 0 Å².